The van der Waals surface area contributed by atoms with Crippen LogP contribution in [0.1, 0.15) is 46.0 Å². The number of aromatic nitrogens is 1. The zero-order chi connectivity index (χ0) is 22.3. The van der Waals surface area contributed by atoms with Crippen LogP contribution in [0.3, 0.4) is 0 Å². The summed E-state index contributed by atoms with van der Waals surface area (Å²) in [6.45, 7) is 4.46. The number of carbonyl (C=O) groups excluding carboxylic acids is 2. The number of amides is 2. The zero-order valence-electron chi connectivity index (χ0n) is 18.2. The Morgan fingerprint density at radius 3 is 2.41 bits per heavy atom. The van der Waals surface area contributed by atoms with Crippen molar-refractivity contribution in [2.24, 2.45) is 4.99 Å². The average molecular weight is 430 g/mol. The summed E-state index contributed by atoms with van der Waals surface area (Å²) >= 11 is 0. The number of carbonyl (C=O) groups is 2. The van der Waals surface area contributed by atoms with Gasteiger partial charge in [0.25, 0.3) is 11.8 Å². The van der Waals surface area contributed by atoms with Crippen LogP contribution in [-0.4, -0.2) is 47.3 Å². The summed E-state index contributed by atoms with van der Waals surface area (Å²) < 4.78 is 0. The standard InChI is InChI=1S/C25H27N5O2/c1-2-26-25(29-17-18-13-15-27-22-12-6-5-9-19(18)22)28-14-7-8-16-30-23(31)20-10-3-4-11-21(20)24(30)32/h3-6,9-13,15H,2,7-8,14,16-17H2,1H3,(H2,26,28,29). The molecular weight excluding hydrogens is 402 g/mol. The minimum Gasteiger partial charge on any atom is -0.357 e. The molecule has 0 unspecified atom stereocenters. The van der Waals surface area contributed by atoms with Gasteiger partial charge in [-0.05, 0) is 49.6 Å². The number of rotatable bonds is 8. The largest absolute Gasteiger partial charge is 0.357 e. The predicted molar refractivity (Wildman–Crippen MR) is 126 cm³/mol. The molecule has 0 radical (unpaired) electrons. The van der Waals surface area contributed by atoms with E-state index in [4.69, 9.17) is 4.99 Å². The number of imide groups is 1. The Kier molecular flexibility index (Phi) is 6.75. The average Bonchev–Trinajstić information content (AvgIpc) is 3.07. The van der Waals surface area contributed by atoms with Crippen LogP contribution in [-0.2, 0) is 6.54 Å². The molecule has 3 aromatic rings. The van der Waals surface area contributed by atoms with Crippen molar-refractivity contribution in [2.45, 2.75) is 26.3 Å². The number of nitrogens with zero attached hydrogens (tertiary/aromatic N) is 3. The van der Waals surface area contributed by atoms with Gasteiger partial charge in [-0.2, -0.15) is 0 Å². The zero-order valence-corrected chi connectivity index (χ0v) is 18.2. The van der Waals surface area contributed by atoms with Crippen molar-refractivity contribution in [1.29, 1.82) is 0 Å². The maximum absolute atomic E-state index is 12.4. The summed E-state index contributed by atoms with van der Waals surface area (Å²) in [4.78, 5) is 35.3. The first-order chi connectivity index (χ1) is 15.7. The van der Waals surface area contributed by atoms with E-state index in [9.17, 15) is 9.59 Å². The van der Waals surface area contributed by atoms with Crippen LogP contribution in [0, 0.1) is 0 Å². The van der Waals surface area contributed by atoms with E-state index in [0.717, 1.165) is 41.8 Å². The second kappa shape index (κ2) is 10.0. The van der Waals surface area contributed by atoms with Gasteiger partial charge >= 0.3 is 0 Å². The van der Waals surface area contributed by atoms with Gasteiger partial charge in [0.05, 0.1) is 23.2 Å². The number of guanidine groups is 1. The highest BCUT2D eigenvalue weighted by atomic mass is 16.2. The molecule has 0 spiro atoms. The van der Waals surface area contributed by atoms with Crippen molar-refractivity contribution >= 4 is 28.7 Å². The van der Waals surface area contributed by atoms with Gasteiger partial charge < -0.3 is 10.6 Å². The molecule has 2 heterocycles. The molecule has 2 amide bonds. The molecule has 1 aliphatic rings. The monoisotopic (exact) mass is 429 g/mol. The summed E-state index contributed by atoms with van der Waals surface area (Å²) in [5.74, 6) is 0.352. The number of unbranched alkanes of at least 4 members (excludes halogenated alkanes) is 1. The number of hydrogen-bond donors (Lipinski definition) is 2. The molecule has 2 aromatic carbocycles. The van der Waals surface area contributed by atoms with Gasteiger partial charge in [-0.1, -0.05) is 30.3 Å². The highest BCUT2D eigenvalue weighted by Crippen LogP contribution is 2.22. The van der Waals surface area contributed by atoms with Crippen LogP contribution in [0.2, 0.25) is 0 Å². The highest BCUT2D eigenvalue weighted by molar-refractivity contribution is 6.21. The molecule has 0 fully saturated rings. The lowest BCUT2D eigenvalue weighted by molar-refractivity contribution is 0.0652. The SMILES string of the molecule is CCNC(=NCc1ccnc2ccccc12)NCCCCN1C(=O)c2ccccc2C1=O. The second-order valence-corrected chi connectivity index (χ2v) is 7.62. The third-order valence-electron chi connectivity index (χ3n) is 5.47. The number of aliphatic imine (C=N–C) groups is 1. The van der Waals surface area contributed by atoms with E-state index >= 15 is 0 Å². The summed E-state index contributed by atoms with van der Waals surface area (Å²) in [6, 6.07) is 17.0. The molecular formula is C25H27N5O2. The Balaban J connectivity index is 1.28. The van der Waals surface area contributed by atoms with Crippen LogP contribution < -0.4 is 10.6 Å². The number of hydrogen-bond acceptors (Lipinski definition) is 4. The predicted octanol–water partition coefficient (Wildman–Crippen LogP) is 3.37. The van der Waals surface area contributed by atoms with Gasteiger partial charge in [-0.25, -0.2) is 4.99 Å². The van der Waals surface area contributed by atoms with Crippen molar-refractivity contribution in [2.75, 3.05) is 19.6 Å². The molecule has 1 aromatic heterocycles. The molecule has 0 bridgehead atoms. The Bertz CT molecular complexity index is 1120. The van der Waals surface area contributed by atoms with Gasteiger partial charge in [-0.15, -0.1) is 0 Å². The molecule has 4 rings (SSSR count). The summed E-state index contributed by atoms with van der Waals surface area (Å²) in [7, 11) is 0. The molecule has 1 aliphatic heterocycles. The molecule has 0 saturated heterocycles. The lowest BCUT2D eigenvalue weighted by Crippen LogP contribution is -2.38. The van der Waals surface area contributed by atoms with Gasteiger partial charge in [0, 0.05) is 31.2 Å². The Labute approximate surface area is 187 Å². The quantitative estimate of drug-likeness (QED) is 0.248. The molecule has 0 saturated carbocycles. The number of benzene rings is 2. The van der Waals surface area contributed by atoms with E-state index in [-0.39, 0.29) is 11.8 Å². The molecule has 164 valence electrons. The fourth-order valence-electron chi connectivity index (χ4n) is 3.84. The number of fused-ring (bicyclic) bond motifs is 2. The van der Waals surface area contributed by atoms with Crippen molar-refractivity contribution < 1.29 is 9.59 Å². The molecule has 7 nitrogen and oxygen atoms in total. The topological polar surface area (TPSA) is 86.7 Å². The van der Waals surface area contributed by atoms with E-state index in [1.165, 1.54) is 4.90 Å². The van der Waals surface area contributed by atoms with Crippen LogP contribution in [0.15, 0.2) is 65.8 Å². The molecule has 32 heavy (non-hydrogen) atoms. The van der Waals surface area contributed by atoms with Crippen molar-refractivity contribution in [1.82, 2.24) is 20.5 Å². The lowest BCUT2D eigenvalue weighted by atomic mass is 10.1. The maximum atomic E-state index is 12.4. The van der Waals surface area contributed by atoms with Crippen molar-refractivity contribution in [3.8, 4) is 0 Å². The summed E-state index contributed by atoms with van der Waals surface area (Å²) in [5, 5.41) is 7.71. The smallest absolute Gasteiger partial charge is 0.261 e. The minimum absolute atomic E-state index is 0.196. The Morgan fingerprint density at radius 1 is 0.938 bits per heavy atom. The normalized spacial score (nSPS) is 13.5. The first kappa shape index (κ1) is 21.5. The van der Waals surface area contributed by atoms with Crippen molar-refractivity contribution in [3.63, 3.8) is 0 Å². The van der Waals surface area contributed by atoms with Gasteiger partial charge in [0.15, 0.2) is 5.96 Å². The van der Waals surface area contributed by atoms with Crippen LogP contribution >= 0.6 is 0 Å². The summed E-state index contributed by atoms with van der Waals surface area (Å²) in [6.07, 6.45) is 3.36. The molecule has 0 aliphatic carbocycles. The fraction of sp³-hybridized carbons (Fsp3) is 0.280. The fourth-order valence-corrected chi connectivity index (χ4v) is 3.84. The van der Waals surface area contributed by atoms with E-state index < -0.39 is 0 Å². The van der Waals surface area contributed by atoms with Crippen LogP contribution in [0.25, 0.3) is 10.9 Å². The molecule has 7 heteroatoms. The van der Waals surface area contributed by atoms with Crippen molar-refractivity contribution in [3.05, 3.63) is 77.5 Å². The highest BCUT2D eigenvalue weighted by Gasteiger charge is 2.34. The molecule has 2 N–H and O–H groups in total. The van der Waals surface area contributed by atoms with Gasteiger partial charge in [0.1, 0.15) is 0 Å². The number of pyridine rings is 1. The second-order valence-electron chi connectivity index (χ2n) is 7.62. The van der Waals surface area contributed by atoms with E-state index in [1.807, 2.05) is 37.4 Å². The van der Waals surface area contributed by atoms with Crippen LogP contribution in [0.4, 0.5) is 0 Å². The first-order valence-electron chi connectivity index (χ1n) is 11.0. The lowest BCUT2D eigenvalue weighted by Gasteiger charge is -2.15. The third kappa shape index (κ3) is 4.61. The van der Waals surface area contributed by atoms with Crippen LogP contribution in [0.5, 0.6) is 0 Å². The van der Waals surface area contributed by atoms with Gasteiger partial charge in [0.2, 0.25) is 0 Å². The van der Waals surface area contributed by atoms with Gasteiger partial charge in [-0.3, -0.25) is 19.5 Å². The number of nitrogens with one attached hydrogen (secondary N) is 2. The third-order valence-corrected chi connectivity index (χ3v) is 5.47. The Morgan fingerprint density at radius 2 is 1.66 bits per heavy atom. The number of para-hydroxylation sites is 1. The minimum atomic E-state index is -0.196. The van der Waals surface area contributed by atoms with E-state index in [1.54, 1.807) is 24.3 Å². The first-order valence-corrected chi connectivity index (χ1v) is 11.0. The molecule has 0 atom stereocenters. The van der Waals surface area contributed by atoms with E-state index in [0.29, 0.717) is 30.8 Å². The maximum Gasteiger partial charge on any atom is 0.261 e. The summed E-state index contributed by atoms with van der Waals surface area (Å²) in [5.41, 5.74) is 3.09. The van der Waals surface area contributed by atoms with E-state index in [2.05, 4.69) is 21.7 Å². The Hall–Kier alpha value is -3.74.